The molecule has 0 saturated heterocycles. The van der Waals surface area contributed by atoms with Crippen molar-refractivity contribution in [1.29, 1.82) is 0 Å². The van der Waals surface area contributed by atoms with Crippen LogP contribution in [0.3, 0.4) is 0 Å². The minimum absolute atomic E-state index is 0.242. The molecule has 0 amide bonds. The van der Waals surface area contributed by atoms with Gasteiger partial charge in [-0.3, -0.25) is 4.79 Å². The highest BCUT2D eigenvalue weighted by Crippen LogP contribution is 2.45. The summed E-state index contributed by atoms with van der Waals surface area (Å²) in [5.74, 6) is -0.757. The van der Waals surface area contributed by atoms with Crippen molar-refractivity contribution in [3.8, 4) is 0 Å². The number of methoxy groups -OCH3 is 1. The van der Waals surface area contributed by atoms with E-state index in [0.29, 0.717) is 12.0 Å². The van der Waals surface area contributed by atoms with Crippen LogP contribution in [0.15, 0.2) is 24.3 Å². The first kappa shape index (κ1) is 17.5. The number of carbonyl (C=O) groups is 2. The van der Waals surface area contributed by atoms with Gasteiger partial charge >= 0.3 is 11.9 Å². The van der Waals surface area contributed by atoms with Gasteiger partial charge in [0.15, 0.2) is 0 Å². The Hall–Kier alpha value is -1.84. The van der Waals surface area contributed by atoms with Crippen molar-refractivity contribution >= 4 is 11.9 Å². The molecule has 2 rings (SSSR count). The summed E-state index contributed by atoms with van der Waals surface area (Å²) in [7, 11) is 1.37. The van der Waals surface area contributed by atoms with Crippen molar-refractivity contribution in [3.05, 3.63) is 35.4 Å². The average molecular weight is 318 g/mol. The lowest BCUT2D eigenvalue weighted by Crippen LogP contribution is -2.32. The van der Waals surface area contributed by atoms with Crippen LogP contribution in [0, 0.1) is 5.41 Å². The lowest BCUT2D eigenvalue weighted by Gasteiger charge is -2.30. The predicted octanol–water partition coefficient (Wildman–Crippen LogP) is 4.39. The van der Waals surface area contributed by atoms with Gasteiger partial charge in [0.05, 0.1) is 18.1 Å². The molecule has 4 heteroatoms. The van der Waals surface area contributed by atoms with Crippen molar-refractivity contribution in [2.24, 2.45) is 5.41 Å². The van der Waals surface area contributed by atoms with Gasteiger partial charge in [-0.15, -0.1) is 0 Å². The number of carboxylic acid groups (broad SMARTS) is 1. The maximum absolute atomic E-state index is 11.9. The first-order valence-corrected chi connectivity index (χ1v) is 8.44. The quantitative estimate of drug-likeness (QED) is 0.646. The molecule has 2 atom stereocenters. The van der Waals surface area contributed by atoms with Gasteiger partial charge in [0.2, 0.25) is 0 Å². The Balaban J connectivity index is 2.23. The molecule has 1 N–H and O–H groups in total. The second-order valence-corrected chi connectivity index (χ2v) is 6.60. The summed E-state index contributed by atoms with van der Waals surface area (Å²) < 4.78 is 4.72. The number of aliphatic carboxylic acids is 1. The molecule has 1 aliphatic carbocycles. The van der Waals surface area contributed by atoms with Gasteiger partial charge in [-0.2, -0.15) is 0 Å². The van der Waals surface area contributed by atoms with E-state index in [9.17, 15) is 14.7 Å². The third-order valence-corrected chi connectivity index (χ3v) is 5.08. The molecule has 126 valence electrons. The maximum atomic E-state index is 11.9. The Labute approximate surface area is 137 Å². The second-order valence-electron chi connectivity index (χ2n) is 6.60. The maximum Gasteiger partial charge on any atom is 0.337 e. The standard InChI is InChI=1S/C19H26O4/c1-3-11-19(18(21)22)12-5-4-6-16(13-19)14-7-9-15(10-8-14)17(20)23-2/h7-10,16H,3-6,11-13H2,1-2H3,(H,21,22)/t16-,19+/m0/s1. The molecule has 0 heterocycles. The molecule has 4 nitrogen and oxygen atoms in total. The number of esters is 1. The fourth-order valence-corrected chi connectivity index (χ4v) is 3.83. The molecule has 23 heavy (non-hydrogen) atoms. The third-order valence-electron chi connectivity index (χ3n) is 5.08. The molecule has 0 unspecified atom stereocenters. The highest BCUT2D eigenvalue weighted by molar-refractivity contribution is 5.89. The number of ether oxygens (including phenoxy) is 1. The van der Waals surface area contributed by atoms with Crippen molar-refractivity contribution in [1.82, 2.24) is 0 Å². The van der Waals surface area contributed by atoms with E-state index < -0.39 is 11.4 Å². The van der Waals surface area contributed by atoms with E-state index in [1.165, 1.54) is 7.11 Å². The van der Waals surface area contributed by atoms with E-state index in [4.69, 9.17) is 4.74 Å². The summed E-state index contributed by atoms with van der Waals surface area (Å²) >= 11 is 0. The molecule has 0 spiro atoms. The fourth-order valence-electron chi connectivity index (χ4n) is 3.83. The van der Waals surface area contributed by atoms with Crippen LogP contribution in [0.1, 0.15) is 73.7 Å². The zero-order chi connectivity index (χ0) is 16.9. The van der Waals surface area contributed by atoms with Gasteiger partial charge in [-0.25, -0.2) is 4.79 Å². The first-order valence-electron chi connectivity index (χ1n) is 8.44. The summed E-state index contributed by atoms with van der Waals surface area (Å²) in [4.78, 5) is 23.5. The van der Waals surface area contributed by atoms with Crippen LogP contribution in [0.25, 0.3) is 0 Å². The molecule has 0 radical (unpaired) electrons. The molecule has 0 aliphatic heterocycles. The Kier molecular flexibility index (Phi) is 5.80. The molecule has 0 aromatic heterocycles. The average Bonchev–Trinajstić information content (AvgIpc) is 2.78. The second kappa shape index (κ2) is 7.62. The van der Waals surface area contributed by atoms with Gasteiger partial charge in [-0.1, -0.05) is 38.3 Å². The molecular formula is C19H26O4. The lowest BCUT2D eigenvalue weighted by molar-refractivity contribution is -0.150. The summed E-state index contributed by atoms with van der Waals surface area (Å²) in [6, 6.07) is 7.43. The molecule has 1 saturated carbocycles. The molecule has 1 fully saturated rings. The Morgan fingerprint density at radius 1 is 1.26 bits per heavy atom. The number of benzene rings is 1. The largest absolute Gasteiger partial charge is 0.481 e. The van der Waals surface area contributed by atoms with E-state index in [-0.39, 0.29) is 11.9 Å². The van der Waals surface area contributed by atoms with Crippen molar-refractivity contribution in [2.75, 3.05) is 7.11 Å². The molecule has 0 bridgehead atoms. The Morgan fingerprint density at radius 2 is 1.96 bits per heavy atom. The Morgan fingerprint density at radius 3 is 2.52 bits per heavy atom. The first-order chi connectivity index (χ1) is 11.0. The van der Waals surface area contributed by atoms with Crippen LogP contribution in [0.2, 0.25) is 0 Å². The predicted molar refractivity (Wildman–Crippen MR) is 88.6 cm³/mol. The highest BCUT2D eigenvalue weighted by atomic mass is 16.5. The van der Waals surface area contributed by atoms with E-state index in [0.717, 1.165) is 44.1 Å². The summed E-state index contributed by atoms with van der Waals surface area (Å²) in [5, 5.41) is 9.80. The smallest absolute Gasteiger partial charge is 0.337 e. The molecular weight excluding hydrogens is 292 g/mol. The normalized spacial score (nSPS) is 24.7. The Bertz CT molecular complexity index is 549. The van der Waals surface area contributed by atoms with Gasteiger partial charge in [0, 0.05) is 0 Å². The lowest BCUT2D eigenvalue weighted by atomic mass is 9.73. The zero-order valence-electron chi connectivity index (χ0n) is 14.0. The number of hydrogen-bond donors (Lipinski definition) is 1. The van der Waals surface area contributed by atoms with Gasteiger partial charge in [-0.05, 0) is 49.3 Å². The van der Waals surface area contributed by atoms with Crippen molar-refractivity contribution < 1.29 is 19.4 Å². The molecule has 1 aliphatic rings. The molecule has 1 aromatic rings. The minimum Gasteiger partial charge on any atom is -0.481 e. The summed E-state index contributed by atoms with van der Waals surface area (Å²) in [5.41, 5.74) is 1.06. The van der Waals surface area contributed by atoms with Crippen LogP contribution < -0.4 is 0 Å². The summed E-state index contributed by atoms with van der Waals surface area (Å²) in [6.45, 7) is 2.05. The topological polar surface area (TPSA) is 63.6 Å². The van der Waals surface area contributed by atoms with Crippen LogP contribution >= 0.6 is 0 Å². The van der Waals surface area contributed by atoms with E-state index in [2.05, 4.69) is 6.92 Å². The van der Waals surface area contributed by atoms with E-state index in [1.807, 2.05) is 12.1 Å². The molecule has 1 aromatic carbocycles. The third kappa shape index (κ3) is 3.92. The number of carboxylic acids is 1. The number of carbonyl (C=O) groups excluding carboxylic acids is 1. The van der Waals surface area contributed by atoms with Crippen molar-refractivity contribution in [3.63, 3.8) is 0 Å². The van der Waals surface area contributed by atoms with E-state index >= 15 is 0 Å². The fraction of sp³-hybridized carbons (Fsp3) is 0.579. The minimum atomic E-state index is -0.655. The van der Waals surface area contributed by atoms with Gasteiger partial charge in [0.25, 0.3) is 0 Å². The van der Waals surface area contributed by atoms with Gasteiger partial charge < -0.3 is 9.84 Å². The van der Waals surface area contributed by atoms with Crippen LogP contribution in [-0.4, -0.2) is 24.2 Å². The van der Waals surface area contributed by atoms with E-state index in [1.54, 1.807) is 12.1 Å². The van der Waals surface area contributed by atoms with Gasteiger partial charge in [0.1, 0.15) is 0 Å². The highest BCUT2D eigenvalue weighted by Gasteiger charge is 2.40. The van der Waals surface area contributed by atoms with Crippen LogP contribution in [-0.2, 0) is 9.53 Å². The SMILES string of the molecule is CCC[C@@]1(C(=O)O)CCCC[C@H](c2ccc(C(=O)OC)cc2)C1. The number of rotatable bonds is 5. The van der Waals surface area contributed by atoms with Crippen LogP contribution in [0.5, 0.6) is 0 Å². The monoisotopic (exact) mass is 318 g/mol. The summed E-state index contributed by atoms with van der Waals surface area (Å²) in [6.07, 6.45) is 6.13. The zero-order valence-corrected chi connectivity index (χ0v) is 14.0. The number of hydrogen-bond acceptors (Lipinski definition) is 3. The van der Waals surface area contributed by atoms with Crippen molar-refractivity contribution in [2.45, 2.75) is 57.8 Å². The van der Waals surface area contributed by atoms with Crippen LogP contribution in [0.4, 0.5) is 0 Å².